The van der Waals surface area contributed by atoms with Gasteiger partial charge in [0.1, 0.15) is 5.82 Å². The maximum atomic E-state index is 12.4. The van der Waals surface area contributed by atoms with Crippen molar-refractivity contribution in [3.05, 3.63) is 71.1 Å². The molecule has 2 aliphatic carbocycles. The molecule has 0 spiro atoms. The van der Waals surface area contributed by atoms with E-state index < -0.39 is 0 Å². The maximum Gasteiger partial charge on any atom is 0.253 e. The Bertz CT molecular complexity index is 1070. The van der Waals surface area contributed by atoms with Gasteiger partial charge in [0, 0.05) is 30.7 Å². The summed E-state index contributed by atoms with van der Waals surface area (Å²) < 4.78 is 0. The lowest BCUT2D eigenvalue weighted by molar-refractivity contribution is 0.0964. The highest BCUT2D eigenvalue weighted by molar-refractivity contribution is 6.00. The number of allylic oxidation sites excluding steroid dienone is 4. The molecule has 0 saturated heterocycles. The van der Waals surface area contributed by atoms with Crippen molar-refractivity contribution >= 4 is 23.1 Å². The fourth-order valence-corrected chi connectivity index (χ4v) is 4.71. The predicted molar refractivity (Wildman–Crippen MR) is 137 cm³/mol. The van der Waals surface area contributed by atoms with Crippen molar-refractivity contribution in [3.63, 3.8) is 0 Å². The number of rotatable bonds is 7. The summed E-state index contributed by atoms with van der Waals surface area (Å²) in [5.74, 6) is 2.59. The van der Waals surface area contributed by atoms with Crippen molar-refractivity contribution in [2.75, 3.05) is 17.7 Å². The Morgan fingerprint density at radius 1 is 1.12 bits per heavy atom. The number of amides is 1. The summed E-state index contributed by atoms with van der Waals surface area (Å²) in [5, 5.41) is 9.85. The van der Waals surface area contributed by atoms with Gasteiger partial charge in [-0.3, -0.25) is 4.79 Å². The van der Waals surface area contributed by atoms with Crippen LogP contribution in [0, 0.1) is 11.8 Å². The molecule has 2 aromatic rings. The summed E-state index contributed by atoms with van der Waals surface area (Å²) in [6.07, 6.45) is 12.4. The second-order valence-electron chi connectivity index (χ2n) is 9.47. The standard InChI is InChI=1S/C28H36N4O/c1-5-20-14-18(2)15-22(13-10-19(20)3)31-27-16-26(24(17-30-27)21-11-12-21)32-25-9-7-6-8-23(25)28(33)29-4/h6-9,14-17,19-21H,5,10-13H2,1-4H3,(H,29,33)(H2,30,31,32)/b18-14-,22-15+/t19?,20-/m0/s1. The van der Waals surface area contributed by atoms with Crippen molar-refractivity contribution < 1.29 is 4.79 Å². The third kappa shape index (κ3) is 5.65. The molecule has 1 heterocycles. The van der Waals surface area contributed by atoms with Crippen LogP contribution in [0.2, 0.25) is 0 Å². The fraction of sp³-hybridized carbons (Fsp3) is 0.429. The lowest BCUT2D eigenvalue weighted by Crippen LogP contribution is -2.19. The molecule has 1 aromatic heterocycles. The van der Waals surface area contributed by atoms with Crippen LogP contribution in [-0.2, 0) is 0 Å². The SMILES string of the molecule is CC[C@H]1/C=C(C)\C=C(\Nc2cc(Nc3ccccc3C(=O)NC)c(C3CC3)cn2)CCC1C. The van der Waals surface area contributed by atoms with Gasteiger partial charge < -0.3 is 16.0 Å². The Morgan fingerprint density at radius 2 is 1.91 bits per heavy atom. The highest BCUT2D eigenvalue weighted by Gasteiger charge is 2.27. The number of nitrogens with zero attached hydrogens (tertiary/aromatic N) is 1. The Kier molecular flexibility index (Phi) is 7.17. The van der Waals surface area contributed by atoms with Crippen molar-refractivity contribution in [2.24, 2.45) is 11.8 Å². The van der Waals surface area contributed by atoms with Gasteiger partial charge in [0.2, 0.25) is 0 Å². The third-order valence-electron chi connectivity index (χ3n) is 6.86. The number of carbonyl (C=O) groups excluding carboxylic acids is 1. The summed E-state index contributed by atoms with van der Waals surface area (Å²) in [7, 11) is 1.66. The molecule has 1 fully saturated rings. The monoisotopic (exact) mass is 444 g/mol. The molecule has 33 heavy (non-hydrogen) atoms. The smallest absolute Gasteiger partial charge is 0.253 e. The van der Waals surface area contributed by atoms with E-state index in [-0.39, 0.29) is 5.91 Å². The van der Waals surface area contributed by atoms with Crippen molar-refractivity contribution in [1.29, 1.82) is 0 Å². The first-order valence-corrected chi connectivity index (χ1v) is 12.2. The number of carbonyl (C=O) groups is 1. The Balaban J connectivity index is 1.61. The molecular weight excluding hydrogens is 408 g/mol. The van der Waals surface area contributed by atoms with E-state index in [0.29, 0.717) is 23.3 Å². The zero-order valence-electron chi connectivity index (χ0n) is 20.2. The molecule has 0 aliphatic heterocycles. The molecule has 1 amide bonds. The normalized spacial score (nSPS) is 23.9. The molecule has 5 nitrogen and oxygen atoms in total. The average molecular weight is 445 g/mol. The molecular formula is C28H36N4O. The van der Waals surface area contributed by atoms with E-state index in [1.54, 1.807) is 7.05 Å². The van der Waals surface area contributed by atoms with Gasteiger partial charge in [0.05, 0.1) is 11.3 Å². The lowest BCUT2D eigenvalue weighted by Gasteiger charge is -2.24. The molecule has 3 N–H and O–H groups in total. The van der Waals surface area contributed by atoms with Crippen LogP contribution in [0.1, 0.15) is 74.7 Å². The van der Waals surface area contributed by atoms with Crippen LogP contribution in [0.25, 0.3) is 0 Å². The third-order valence-corrected chi connectivity index (χ3v) is 6.86. The van der Waals surface area contributed by atoms with Gasteiger partial charge in [-0.1, -0.05) is 37.6 Å². The second kappa shape index (κ2) is 10.2. The topological polar surface area (TPSA) is 66.0 Å². The fourth-order valence-electron chi connectivity index (χ4n) is 4.71. The van der Waals surface area contributed by atoms with Crippen LogP contribution >= 0.6 is 0 Å². The Hall–Kier alpha value is -3.08. The van der Waals surface area contributed by atoms with E-state index in [2.05, 4.69) is 54.9 Å². The van der Waals surface area contributed by atoms with E-state index in [1.807, 2.05) is 30.5 Å². The lowest BCUT2D eigenvalue weighted by atomic mass is 9.84. The molecule has 0 bridgehead atoms. The van der Waals surface area contributed by atoms with Crippen molar-refractivity contribution in [1.82, 2.24) is 10.3 Å². The summed E-state index contributed by atoms with van der Waals surface area (Å²) >= 11 is 0. The summed E-state index contributed by atoms with van der Waals surface area (Å²) in [6, 6.07) is 9.72. The minimum atomic E-state index is -0.0973. The highest BCUT2D eigenvalue weighted by atomic mass is 16.1. The molecule has 0 radical (unpaired) electrons. The molecule has 5 heteroatoms. The van der Waals surface area contributed by atoms with Gasteiger partial charge in [-0.25, -0.2) is 4.98 Å². The van der Waals surface area contributed by atoms with Crippen molar-refractivity contribution in [2.45, 2.75) is 58.8 Å². The van der Waals surface area contributed by atoms with E-state index in [4.69, 9.17) is 4.98 Å². The van der Waals surface area contributed by atoms with Gasteiger partial charge in [0.25, 0.3) is 5.91 Å². The van der Waals surface area contributed by atoms with E-state index in [9.17, 15) is 4.79 Å². The van der Waals surface area contributed by atoms with Crippen LogP contribution in [0.4, 0.5) is 17.2 Å². The number of anilines is 3. The van der Waals surface area contributed by atoms with Crippen LogP contribution in [0.3, 0.4) is 0 Å². The van der Waals surface area contributed by atoms with Crippen LogP contribution in [0.5, 0.6) is 0 Å². The van der Waals surface area contributed by atoms with E-state index in [0.717, 1.165) is 30.0 Å². The first kappa shape index (κ1) is 23.1. The van der Waals surface area contributed by atoms with Gasteiger partial charge in [-0.15, -0.1) is 0 Å². The molecule has 1 aromatic carbocycles. The van der Waals surface area contributed by atoms with Gasteiger partial charge in [0.15, 0.2) is 0 Å². The Morgan fingerprint density at radius 3 is 2.64 bits per heavy atom. The number of nitrogens with one attached hydrogen (secondary N) is 3. The number of pyridine rings is 1. The van der Waals surface area contributed by atoms with Crippen LogP contribution in [-0.4, -0.2) is 17.9 Å². The predicted octanol–water partition coefficient (Wildman–Crippen LogP) is 6.76. The average Bonchev–Trinajstić information content (AvgIpc) is 3.65. The summed E-state index contributed by atoms with van der Waals surface area (Å²) in [4.78, 5) is 17.1. The quantitative estimate of drug-likeness (QED) is 0.441. The second-order valence-corrected chi connectivity index (χ2v) is 9.47. The first-order valence-electron chi connectivity index (χ1n) is 12.2. The molecule has 1 unspecified atom stereocenters. The number of benzene rings is 1. The van der Waals surface area contributed by atoms with Crippen LogP contribution in [0.15, 0.2) is 60.0 Å². The number of hydrogen-bond acceptors (Lipinski definition) is 4. The molecule has 2 atom stereocenters. The minimum absolute atomic E-state index is 0.0973. The van der Waals surface area contributed by atoms with E-state index in [1.165, 1.54) is 36.1 Å². The maximum absolute atomic E-state index is 12.4. The zero-order valence-corrected chi connectivity index (χ0v) is 20.2. The largest absolute Gasteiger partial charge is 0.355 e. The number of para-hydroxylation sites is 1. The molecule has 174 valence electrons. The minimum Gasteiger partial charge on any atom is -0.355 e. The summed E-state index contributed by atoms with van der Waals surface area (Å²) in [6.45, 7) is 6.82. The number of aromatic nitrogens is 1. The zero-order chi connectivity index (χ0) is 23.4. The Labute approximate surface area is 197 Å². The van der Waals surface area contributed by atoms with Gasteiger partial charge in [-0.05, 0) is 80.6 Å². The van der Waals surface area contributed by atoms with Crippen molar-refractivity contribution in [3.8, 4) is 0 Å². The van der Waals surface area contributed by atoms with Gasteiger partial charge >= 0.3 is 0 Å². The van der Waals surface area contributed by atoms with Crippen LogP contribution < -0.4 is 16.0 Å². The number of hydrogen-bond donors (Lipinski definition) is 3. The van der Waals surface area contributed by atoms with Gasteiger partial charge in [-0.2, -0.15) is 0 Å². The first-order chi connectivity index (χ1) is 16.0. The van der Waals surface area contributed by atoms with E-state index >= 15 is 0 Å². The molecule has 1 saturated carbocycles. The molecule has 4 rings (SSSR count). The molecule has 2 aliphatic rings. The summed E-state index contributed by atoms with van der Waals surface area (Å²) in [5.41, 5.74) is 6.19. The highest BCUT2D eigenvalue weighted by Crippen LogP contribution is 2.44.